The van der Waals surface area contributed by atoms with Crippen LogP contribution in [0.4, 0.5) is 11.5 Å². The monoisotopic (exact) mass is 467 g/mol. The first kappa shape index (κ1) is 22.9. The molecule has 178 valence electrons. The Kier molecular flexibility index (Phi) is 6.64. The quantitative estimate of drug-likeness (QED) is 0.354. The van der Waals surface area contributed by atoms with Crippen LogP contribution in [0.15, 0.2) is 84.9 Å². The number of para-hydroxylation sites is 2. The van der Waals surface area contributed by atoms with Gasteiger partial charge in [0, 0.05) is 6.04 Å². The van der Waals surface area contributed by atoms with Gasteiger partial charge in [0.15, 0.2) is 5.69 Å². The molecule has 2 atom stereocenters. The van der Waals surface area contributed by atoms with Crippen molar-refractivity contribution in [3.63, 3.8) is 0 Å². The van der Waals surface area contributed by atoms with E-state index in [0.29, 0.717) is 12.4 Å². The van der Waals surface area contributed by atoms with Crippen LogP contribution in [0.2, 0.25) is 0 Å². The minimum Gasteiger partial charge on any atom is -0.486 e. The first-order valence-electron chi connectivity index (χ1n) is 11.9. The number of hydrogen-bond donors (Lipinski definition) is 1. The largest absolute Gasteiger partial charge is 0.486 e. The highest BCUT2D eigenvalue weighted by Gasteiger charge is 2.27. The molecule has 6 nitrogen and oxygen atoms in total. The predicted octanol–water partition coefficient (Wildman–Crippen LogP) is 5.66. The summed E-state index contributed by atoms with van der Waals surface area (Å²) in [6, 6.07) is 28.5. The third-order valence-corrected chi connectivity index (χ3v) is 6.45. The van der Waals surface area contributed by atoms with Crippen LogP contribution in [-0.2, 0) is 4.74 Å². The Hall–Kier alpha value is -3.90. The van der Waals surface area contributed by atoms with Crippen LogP contribution in [0.3, 0.4) is 0 Å². The van der Waals surface area contributed by atoms with E-state index < -0.39 is 5.97 Å². The standard InChI is InChI=1S/C29H29N3O3/c1-20(23-12-7-10-21-9-3-4-11-24(21)23)30-18-17-22-19-32(26-14-5-6-15-27(26)35-22)28-16-8-13-25(31-28)29(33)34-2/h3-16,20,22,30H,17-19H2,1-2H3/t20-,22+/m1/s1. The van der Waals surface area contributed by atoms with E-state index in [1.165, 1.54) is 23.4 Å². The molecule has 0 bridgehead atoms. The van der Waals surface area contributed by atoms with Crippen molar-refractivity contribution in [3.05, 3.63) is 96.2 Å². The lowest BCUT2D eigenvalue weighted by molar-refractivity contribution is 0.0594. The third-order valence-electron chi connectivity index (χ3n) is 6.45. The molecule has 0 aliphatic carbocycles. The fourth-order valence-electron chi connectivity index (χ4n) is 4.66. The van der Waals surface area contributed by atoms with E-state index in [0.717, 1.165) is 24.4 Å². The lowest BCUT2D eigenvalue weighted by Crippen LogP contribution is -2.39. The van der Waals surface area contributed by atoms with Crippen molar-refractivity contribution >= 4 is 28.2 Å². The number of ether oxygens (including phenoxy) is 2. The van der Waals surface area contributed by atoms with Crippen molar-refractivity contribution < 1.29 is 14.3 Å². The summed E-state index contributed by atoms with van der Waals surface area (Å²) < 4.78 is 11.2. The Morgan fingerprint density at radius 2 is 1.83 bits per heavy atom. The summed E-state index contributed by atoms with van der Waals surface area (Å²) >= 11 is 0. The van der Waals surface area contributed by atoms with Gasteiger partial charge in [-0.3, -0.25) is 0 Å². The number of anilines is 2. The summed E-state index contributed by atoms with van der Waals surface area (Å²) in [5.41, 5.74) is 2.52. The van der Waals surface area contributed by atoms with Crippen molar-refractivity contribution in [2.75, 3.05) is 25.1 Å². The zero-order chi connectivity index (χ0) is 24.2. The molecule has 0 saturated heterocycles. The number of nitrogens with zero attached hydrogens (tertiary/aromatic N) is 2. The molecule has 4 aromatic rings. The molecule has 0 amide bonds. The highest BCUT2D eigenvalue weighted by molar-refractivity contribution is 5.88. The average molecular weight is 468 g/mol. The maximum Gasteiger partial charge on any atom is 0.356 e. The zero-order valence-corrected chi connectivity index (χ0v) is 20.0. The number of methoxy groups -OCH3 is 1. The van der Waals surface area contributed by atoms with Crippen LogP contribution < -0.4 is 15.0 Å². The molecule has 3 aromatic carbocycles. The molecule has 35 heavy (non-hydrogen) atoms. The Morgan fingerprint density at radius 3 is 2.71 bits per heavy atom. The summed E-state index contributed by atoms with van der Waals surface area (Å²) in [6.45, 7) is 3.65. The van der Waals surface area contributed by atoms with Gasteiger partial charge in [0.25, 0.3) is 0 Å². The van der Waals surface area contributed by atoms with Gasteiger partial charge in [-0.05, 0) is 60.5 Å². The molecule has 0 spiro atoms. The van der Waals surface area contributed by atoms with Crippen molar-refractivity contribution in [1.82, 2.24) is 10.3 Å². The van der Waals surface area contributed by atoms with Crippen LogP contribution in [0.1, 0.15) is 35.4 Å². The Morgan fingerprint density at radius 1 is 1.06 bits per heavy atom. The van der Waals surface area contributed by atoms with Gasteiger partial charge in [-0.1, -0.05) is 60.7 Å². The molecule has 6 heteroatoms. The fraction of sp³-hybridized carbons (Fsp3) is 0.241. The van der Waals surface area contributed by atoms with Crippen molar-refractivity contribution in [2.45, 2.75) is 25.5 Å². The molecular formula is C29H29N3O3. The van der Waals surface area contributed by atoms with Crippen LogP contribution >= 0.6 is 0 Å². The number of esters is 1. The maximum atomic E-state index is 12.0. The smallest absolute Gasteiger partial charge is 0.356 e. The minimum absolute atomic E-state index is 0.0271. The van der Waals surface area contributed by atoms with Crippen LogP contribution in [0.25, 0.3) is 10.8 Å². The van der Waals surface area contributed by atoms with Crippen LogP contribution in [0.5, 0.6) is 5.75 Å². The summed E-state index contributed by atoms with van der Waals surface area (Å²) in [4.78, 5) is 18.7. The minimum atomic E-state index is -0.448. The number of benzene rings is 3. The number of fused-ring (bicyclic) bond motifs is 2. The molecule has 0 unspecified atom stereocenters. The first-order chi connectivity index (χ1) is 17.1. The Balaban J connectivity index is 1.30. The van der Waals surface area contributed by atoms with Gasteiger partial charge >= 0.3 is 5.97 Å². The topological polar surface area (TPSA) is 63.7 Å². The molecule has 5 rings (SSSR count). The highest BCUT2D eigenvalue weighted by Crippen LogP contribution is 2.38. The van der Waals surface area contributed by atoms with Crippen molar-refractivity contribution in [1.29, 1.82) is 0 Å². The number of aromatic nitrogens is 1. The van der Waals surface area contributed by atoms with E-state index in [1.807, 2.05) is 36.4 Å². The first-order valence-corrected chi connectivity index (χ1v) is 11.9. The fourth-order valence-corrected chi connectivity index (χ4v) is 4.66. The van der Waals surface area contributed by atoms with E-state index in [4.69, 9.17) is 9.47 Å². The number of carbonyl (C=O) groups is 1. The molecule has 1 aliphatic rings. The van der Waals surface area contributed by atoms with E-state index in [-0.39, 0.29) is 17.8 Å². The van der Waals surface area contributed by atoms with E-state index >= 15 is 0 Å². The van der Waals surface area contributed by atoms with Gasteiger partial charge in [0.05, 0.1) is 19.3 Å². The van der Waals surface area contributed by atoms with Crippen LogP contribution in [-0.4, -0.2) is 37.3 Å². The molecule has 2 heterocycles. The predicted molar refractivity (Wildman–Crippen MR) is 138 cm³/mol. The second-order valence-corrected chi connectivity index (χ2v) is 8.72. The van der Waals surface area contributed by atoms with Gasteiger partial charge in [-0.25, -0.2) is 9.78 Å². The summed E-state index contributed by atoms with van der Waals surface area (Å²) in [6.07, 6.45) is 0.803. The number of rotatable bonds is 7. The van der Waals surface area contributed by atoms with Crippen LogP contribution in [0, 0.1) is 0 Å². The summed E-state index contributed by atoms with van der Waals surface area (Å²) in [5, 5.41) is 6.20. The molecule has 0 fully saturated rings. The maximum absolute atomic E-state index is 12.0. The Bertz CT molecular complexity index is 1330. The number of nitrogens with one attached hydrogen (secondary N) is 1. The average Bonchev–Trinajstić information content (AvgIpc) is 2.91. The summed E-state index contributed by atoms with van der Waals surface area (Å²) in [7, 11) is 1.36. The van der Waals surface area contributed by atoms with E-state index in [2.05, 4.69) is 64.6 Å². The number of pyridine rings is 1. The van der Waals surface area contributed by atoms with Crippen molar-refractivity contribution in [2.24, 2.45) is 0 Å². The molecule has 1 N–H and O–H groups in total. The second-order valence-electron chi connectivity index (χ2n) is 8.72. The molecule has 0 radical (unpaired) electrons. The molecule has 1 aromatic heterocycles. The van der Waals surface area contributed by atoms with E-state index in [9.17, 15) is 4.79 Å². The zero-order valence-electron chi connectivity index (χ0n) is 20.0. The van der Waals surface area contributed by atoms with Gasteiger partial charge in [0.1, 0.15) is 17.7 Å². The number of hydrogen-bond acceptors (Lipinski definition) is 6. The number of carbonyl (C=O) groups excluding carboxylic acids is 1. The molecule has 1 aliphatic heterocycles. The lowest BCUT2D eigenvalue weighted by atomic mass is 9.99. The third kappa shape index (κ3) is 4.84. The lowest BCUT2D eigenvalue weighted by Gasteiger charge is -2.36. The summed E-state index contributed by atoms with van der Waals surface area (Å²) in [5.74, 6) is 1.07. The Labute approximate surface area is 205 Å². The van der Waals surface area contributed by atoms with Gasteiger partial charge in [0.2, 0.25) is 0 Å². The highest BCUT2D eigenvalue weighted by atomic mass is 16.5. The second kappa shape index (κ2) is 10.2. The van der Waals surface area contributed by atoms with Gasteiger partial charge in [-0.2, -0.15) is 0 Å². The molecule has 0 saturated carbocycles. The molecular weight excluding hydrogens is 438 g/mol. The van der Waals surface area contributed by atoms with Crippen molar-refractivity contribution in [3.8, 4) is 5.75 Å². The SMILES string of the molecule is COC(=O)c1cccc(N2C[C@H](CCN[C@H](C)c3cccc4ccccc34)Oc3ccccc32)n1. The normalized spacial score (nSPS) is 15.8. The van der Waals surface area contributed by atoms with Gasteiger partial charge in [-0.15, -0.1) is 0 Å². The van der Waals surface area contributed by atoms with E-state index in [1.54, 1.807) is 6.07 Å². The van der Waals surface area contributed by atoms with Gasteiger partial charge < -0.3 is 19.7 Å².